The smallest absolute Gasteiger partial charge is 0.417 e. The van der Waals surface area contributed by atoms with E-state index in [1.54, 1.807) is 0 Å². The number of carbonyl (C=O) groups is 1. The summed E-state index contributed by atoms with van der Waals surface area (Å²) < 4.78 is 38.4. The first kappa shape index (κ1) is 15.6. The lowest BCUT2D eigenvalue weighted by atomic mass is 10.1. The number of benzene rings is 2. The predicted molar refractivity (Wildman–Crippen MR) is 73.1 cm³/mol. The van der Waals surface area contributed by atoms with Crippen LogP contribution in [0, 0.1) is 0 Å². The first-order valence-corrected chi connectivity index (χ1v) is 6.08. The van der Waals surface area contributed by atoms with Gasteiger partial charge in [0.05, 0.1) is 11.8 Å². The van der Waals surface area contributed by atoms with Gasteiger partial charge in [0.2, 0.25) is 0 Å². The molecule has 0 amide bonds. The molecule has 7 heteroatoms. The second-order valence-electron chi connectivity index (χ2n) is 4.21. The molecule has 2 rings (SSSR count). The summed E-state index contributed by atoms with van der Waals surface area (Å²) in [6, 6.07) is 10.5. The molecule has 0 aromatic heterocycles. The van der Waals surface area contributed by atoms with E-state index in [-0.39, 0.29) is 16.9 Å². The van der Waals surface area contributed by atoms with E-state index in [0.29, 0.717) is 0 Å². The number of halogens is 3. The summed E-state index contributed by atoms with van der Waals surface area (Å²) in [6.07, 6.45) is -3.62. The highest BCUT2D eigenvalue weighted by Gasteiger charge is 2.32. The molecule has 22 heavy (non-hydrogen) atoms. The Labute approximate surface area is 123 Å². The molecule has 2 aromatic carbocycles. The third-order valence-corrected chi connectivity index (χ3v) is 2.73. The molecule has 0 heterocycles. The maximum atomic E-state index is 12.8. The van der Waals surface area contributed by atoms with Crippen molar-refractivity contribution in [3.05, 3.63) is 65.2 Å². The molecule has 2 aromatic rings. The molecule has 0 aliphatic rings. The van der Waals surface area contributed by atoms with E-state index in [9.17, 15) is 18.0 Å². The van der Waals surface area contributed by atoms with Crippen molar-refractivity contribution in [1.29, 1.82) is 0 Å². The minimum Gasteiger partial charge on any atom is -0.478 e. The zero-order valence-corrected chi connectivity index (χ0v) is 11.0. The molecule has 0 atom stereocenters. The minimum absolute atomic E-state index is 0.0595. The van der Waals surface area contributed by atoms with Gasteiger partial charge in [-0.2, -0.15) is 13.2 Å². The van der Waals surface area contributed by atoms with Gasteiger partial charge in [0.25, 0.3) is 0 Å². The van der Waals surface area contributed by atoms with Gasteiger partial charge < -0.3 is 9.94 Å². The number of aromatic carboxylic acids is 1. The fourth-order valence-electron chi connectivity index (χ4n) is 1.73. The largest absolute Gasteiger partial charge is 0.478 e. The molecule has 0 saturated carbocycles. The number of alkyl halides is 3. The molecule has 0 aliphatic carbocycles. The lowest BCUT2D eigenvalue weighted by molar-refractivity contribution is -0.137. The van der Waals surface area contributed by atoms with Crippen LogP contribution in [0.25, 0.3) is 0 Å². The van der Waals surface area contributed by atoms with E-state index in [2.05, 4.69) is 5.16 Å². The quantitative estimate of drug-likeness (QED) is 0.690. The molecule has 0 saturated heterocycles. The standard InChI is InChI=1S/C15H10F3NO3/c16-15(17,18)12-7-3-1-5-10(12)9-19-22-13-8-4-2-6-11(13)14(20)21/h1-9H,(H,20,21)/b19-9+. The Morgan fingerprint density at radius 3 is 2.41 bits per heavy atom. The van der Waals surface area contributed by atoms with Crippen molar-refractivity contribution in [2.24, 2.45) is 5.16 Å². The van der Waals surface area contributed by atoms with Gasteiger partial charge in [0.1, 0.15) is 5.56 Å². The van der Waals surface area contributed by atoms with Gasteiger partial charge in [-0.05, 0) is 18.2 Å². The minimum atomic E-state index is -4.51. The summed E-state index contributed by atoms with van der Waals surface area (Å²) in [5, 5.41) is 12.4. The first-order chi connectivity index (χ1) is 10.4. The summed E-state index contributed by atoms with van der Waals surface area (Å²) in [5.74, 6) is -1.28. The lowest BCUT2D eigenvalue weighted by Crippen LogP contribution is -2.08. The fourth-order valence-corrected chi connectivity index (χ4v) is 1.73. The van der Waals surface area contributed by atoms with Crippen LogP contribution < -0.4 is 4.84 Å². The molecule has 0 spiro atoms. The molecule has 0 radical (unpaired) electrons. The van der Waals surface area contributed by atoms with E-state index in [4.69, 9.17) is 9.94 Å². The second-order valence-corrected chi connectivity index (χ2v) is 4.21. The third-order valence-electron chi connectivity index (χ3n) is 2.73. The van der Waals surface area contributed by atoms with Crippen LogP contribution in [0.3, 0.4) is 0 Å². The number of para-hydroxylation sites is 1. The Hall–Kier alpha value is -2.83. The van der Waals surface area contributed by atoms with Gasteiger partial charge in [-0.1, -0.05) is 35.5 Å². The zero-order chi connectivity index (χ0) is 16.2. The Balaban J connectivity index is 2.23. The molecular weight excluding hydrogens is 299 g/mol. The Morgan fingerprint density at radius 2 is 1.73 bits per heavy atom. The first-order valence-electron chi connectivity index (χ1n) is 6.08. The van der Waals surface area contributed by atoms with Crippen molar-refractivity contribution in [3.8, 4) is 5.75 Å². The zero-order valence-electron chi connectivity index (χ0n) is 11.0. The van der Waals surface area contributed by atoms with Crippen LogP contribution >= 0.6 is 0 Å². The molecule has 0 bridgehead atoms. The van der Waals surface area contributed by atoms with Crippen LogP contribution in [0.1, 0.15) is 21.5 Å². The van der Waals surface area contributed by atoms with Crippen LogP contribution in [0.15, 0.2) is 53.7 Å². The number of rotatable bonds is 4. The van der Waals surface area contributed by atoms with E-state index >= 15 is 0 Å². The number of hydrogen-bond donors (Lipinski definition) is 1. The maximum absolute atomic E-state index is 12.8. The summed E-state index contributed by atoms with van der Waals surface area (Å²) in [4.78, 5) is 15.9. The van der Waals surface area contributed by atoms with Crippen LogP contribution in [-0.2, 0) is 6.18 Å². The van der Waals surface area contributed by atoms with Gasteiger partial charge in [-0.3, -0.25) is 0 Å². The maximum Gasteiger partial charge on any atom is 0.417 e. The van der Waals surface area contributed by atoms with Crippen LogP contribution in [0.5, 0.6) is 5.75 Å². The van der Waals surface area contributed by atoms with Crippen molar-refractivity contribution >= 4 is 12.2 Å². The highest BCUT2D eigenvalue weighted by atomic mass is 19.4. The summed E-state index contributed by atoms with van der Waals surface area (Å²) >= 11 is 0. The topological polar surface area (TPSA) is 58.9 Å². The molecule has 114 valence electrons. The number of oxime groups is 1. The van der Waals surface area contributed by atoms with Crippen molar-refractivity contribution in [1.82, 2.24) is 0 Å². The highest BCUT2D eigenvalue weighted by molar-refractivity contribution is 5.90. The van der Waals surface area contributed by atoms with Crippen molar-refractivity contribution in [2.45, 2.75) is 6.18 Å². The molecule has 1 N–H and O–H groups in total. The van der Waals surface area contributed by atoms with Gasteiger partial charge in [0.15, 0.2) is 5.75 Å². The van der Waals surface area contributed by atoms with Crippen LogP contribution in [0.2, 0.25) is 0 Å². The molecule has 4 nitrogen and oxygen atoms in total. The van der Waals surface area contributed by atoms with Gasteiger partial charge >= 0.3 is 12.1 Å². The monoisotopic (exact) mass is 309 g/mol. The Kier molecular flexibility index (Phi) is 4.45. The number of carboxylic acid groups (broad SMARTS) is 1. The SMILES string of the molecule is O=C(O)c1ccccc1O/N=C/c1ccccc1C(F)(F)F. The number of nitrogens with zero attached hydrogens (tertiary/aromatic N) is 1. The van der Waals surface area contributed by atoms with Gasteiger partial charge in [0, 0.05) is 5.56 Å². The molecule has 0 unspecified atom stereocenters. The van der Waals surface area contributed by atoms with E-state index in [1.165, 1.54) is 42.5 Å². The molecular formula is C15H10F3NO3. The predicted octanol–water partition coefficient (Wildman–Crippen LogP) is 3.82. The van der Waals surface area contributed by atoms with E-state index < -0.39 is 17.7 Å². The van der Waals surface area contributed by atoms with Crippen molar-refractivity contribution in [3.63, 3.8) is 0 Å². The summed E-state index contributed by atoms with van der Waals surface area (Å²) in [5.41, 5.74) is -1.17. The van der Waals surface area contributed by atoms with E-state index in [1.807, 2.05) is 0 Å². The molecule has 0 fully saturated rings. The normalized spacial score (nSPS) is 11.6. The van der Waals surface area contributed by atoms with Crippen LogP contribution in [0.4, 0.5) is 13.2 Å². The number of carboxylic acids is 1. The Morgan fingerprint density at radius 1 is 1.09 bits per heavy atom. The van der Waals surface area contributed by atoms with E-state index in [0.717, 1.165) is 12.3 Å². The van der Waals surface area contributed by atoms with Crippen molar-refractivity contribution < 1.29 is 27.9 Å². The average molecular weight is 309 g/mol. The summed E-state index contributed by atoms with van der Waals surface area (Å²) in [7, 11) is 0. The highest BCUT2D eigenvalue weighted by Crippen LogP contribution is 2.31. The lowest BCUT2D eigenvalue weighted by Gasteiger charge is -2.09. The number of hydrogen-bond acceptors (Lipinski definition) is 3. The summed E-state index contributed by atoms with van der Waals surface area (Å²) in [6.45, 7) is 0. The Bertz CT molecular complexity index is 711. The fraction of sp³-hybridized carbons (Fsp3) is 0.0667. The molecule has 0 aliphatic heterocycles. The van der Waals surface area contributed by atoms with Gasteiger partial charge in [-0.15, -0.1) is 0 Å². The van der Waals surface area contributed by atoms with Gasteiger partial charge in [-0.25, -0.2) is 4.79 Å². The average Bonchev–Trinajstić information content (AvgIpc) is 2.47. The van der Waals surface area contributed by atoms with Crippen LogP contribution in [-0.4, -0.2) is 17.3 Å². The third kappa shape index (κ3) is 3.63. The second kappa shape index (κ2) is 6.30. The van der Waals surface area contributed by atoms with Crippen molar-refractivity contribution in [2.75, 3.05) is 0 Å².